The van der Waals surface area contributed by atoms with E-state index in [9.17, 15) is 8.42 Å². The first-order valence-electron chi connectivity index (χ1n) is 9.12. The molecule has 1 heterocycles. The van der Waals surface area contributed by atoms with Crippen molar-refractivity contribution in [3.63, 3.8) is 0 Å². The van der Waals surface area contributed by atoms with Crippen LogP contribution in [0, 0.1) is 34.6 Å². The number of rotatable bonds is 6. The summed E-state index contributed by atoms with van der Waals surface area (Å²) in [5.41, 5.74) is 5.06. The number of nitrogens with zero attached hydrogens (tertiary/aromatic N) is 2. The van der Waals surface area contributed by atoms with Gasteiger partial charge in [0.1, 0.15) is 0 Å². The first kappa shape index (κ1) is 20.4. The van der Waals surface area contributed by atoms with Crippen LogP contribution in [0.4, 0.5) is 0 Å². The molecule has 1 aromatic carbocycles. The molecule has 6 heteroatoms. The first-order chi connectivity index (χ1) is 11.6. The number of hydrogen-bond acceptors (Lipinski definition) is 4. The molecule has 0 amide bonds. The van der Waals surface area contributed by atoms with Gasteiger partial charge in [-0.3, -0.25) is 0 Å². The van der Waals surface area contributed by atoms with Gasteiger partial charge >= 0.3 is 0 Å². The molecular formula is C19H33N3O2S. The lowest BCUT2D eigenvalue weighted by Gasteiger charge is -2.32. The molecule has 0 atom stereocenters. The molecule has 5 nitrogen and oxygen atoms in total. The molecule has 1 saturated heterocycles. The molecule has 1 N–H and O–H groups in total. The molecule has 1 aliphatic rings. The van der Waals surface area contributed by atoms with Gasteiger partial charge in [-0.2, -0.15) is 0 Å². The van der Waals surface area contributed by atoms with E-state index in [2.05, 4.69) is 28.5 Å². The molecule has 2 rings (SSSR count). The van der Waals surface area contributed by atoms with Gasteiger partial charge in [0, 0.05) is 32.7 Å². The normalized spacial score (nSPS) is 17.2. The zero-order valence-corrected chi connectivity index (χ0v) is 17.4. The molecule has 0 aromatic heterocycles. The van der Waals surface area contributed by atoms with Crippen molar-refractivity contribution in [1.82, 2.24) is 14.5 Å². The number of likely N-dealkylation sites (N-methyl/N-ethyl adjacent to an activating group) is 1. The first-order valence-corrected chi connectivity index (χ1v) is 10.6. The molecule has 1 aliphatic heterocycles. The van der Waals surface area contributed by atoms with Crippen molar-refractivity contribution in [2.75, 3.05) is 46.3 Å². The zero-order valence-electron chi connectivity index (χ0n) is 16.6. The highest BCUT2D eigenvalue weighted by Gasteiger charge is 2.23. The Kier molecular flexibility index (Phi) is 6.65. The summed E-state index contributed by atoms with van der Waals surface area (Å²) >= 11 is 0. The third kappa shape index (κ3) is 4.61. The van der Waals surface area contributed by atoms with Crippen LogP contribution in [0.5, 0.6) is 0 Å². The zero-order chi connectivity index (χ0) is 18.8. The van der Waals surface area contributed by atoms with Crippen LogP contribution in [0.2, 0.25) is 0 Å². The maximum absolute atomic E-state index is 12.9. The van der Waals surface area contributed by atoms with Crippen molar-refractivity contribution in [3.05, 3.63) is 27.8 Å². The minimum atomic E-state index is -3.47. The van der Waals surface area contributed by atoms with Crippen LogP contribution < -0.4 is 4.72 Å². The summed E-state index contributed by atoms with van der Waals surface area (Å²) in [6.45, 7) is 15.6. The van der Waals surface area contributed by atoms with Crippen LogP contribution in [0.15, 0.2) is 4.90 Å². The van der Waals surface area contributed by atoms with Crippen molar-refractivity contribution in [2.24, 2.45) is 0 Å². The average molecular weight is 368 g/mol. The van der Waals surface area contributed by atoms with Gasteiger partial charge in [0.2, 0.25) is 10.0 Å². The molecule has 1 fully saturated rings. The Balaban J connectivity index is 2.00. The Labute approximate surface area is 153 Å². The molecule has 142 valence electrons. The topological polar surface area (TPSA) is 52.7 Å². The highest BCUT2D eigenvalue weighted by molar-refractivity contribution is 7.89. The highest BCUT2D eigenvalue weighted by atomic mass is 32.2. The maximum Gasteiger partial charge on any atom is 0.241 e. The van der Waals surface area contributed by atoms with Crippen molar-refractivity contribution >= 4 is 10.0 Å². The number of nitrogens with one attached hydrogen (secondary N) is 1. The van der Waals surface area contributed by atoms with E-state index in [0.717, 1.165) is 61.4 Å². The fourth-order valence-corrected chi connectivity index (χ4v) is 5.19. The van der Waals surface area contributed by atoms with Gasteiger partial charge in [-0.15, -0.1) is 0 Å². The average Bonchev–Trinajstić information content (AvgIpc) is 2.56. The van der Waals surface area contributed by atoms with Crippen molar-refractivity contribution in [2.45, 2.75) is 45.9 Å². The largest absolute Gasteiger partial charge is 0.304 e. The predicted molar refractivity (Wildman–Crippen MR) is 104 cm³/mol. The second kappa shape index (κ2) is 8.16. The Morgan fingerprint density at radius 1 is 0.840 bits per heavy atom. The van der Waals surface area contributed by atoms with Gasteiger partial charge in [0.25, 0.3) is 0 Å². The van der Waals surface area contributed by atoms with Gasteiger partial charge < -0.3 is 9.80 Å². The van der Waals surface area contributed by atoms with Crippen LogP contribution in [0.1, 0.15) is 34.2 Å². The molecule has 0 aliphatic carbocycles. The van der Waals surface area contributed by atoms with E-state index in [1.807, 2.05) is 27.7 Å². The van der Waals surface area contributed by atoms with Crippen molar-refractivity contribution < 1.29 is 8.42 Å². The summed E-state index contributed by atoms with van der Waals surface area (Å²) in [5.74, 6) is 0. The Morgan fingerprint density at radius 2 is 1.32 bits per heavy atom. The van der Waals surface area contributed by atoms with E-state index in [-0.39, 0.29) is 0 Å². The van der Waals surface area contributed by atoms with Gasteiger partial charge in [-0.05, 0) is 82.4 Å². The van der Waals surface area contributed by atoms with Crippen LogP contribution in [-0.2, 0) is 10.0 Å². The lowest BCUT2D eigenvalue weighted by Crippen LogP contribution is -2.45. The fourth-order valence-electron chi connectivity index (χ4n) is 3.52. The molecule has 0 unspecified atom stereocenters. The second-order valence-electron chi connectivity index (χ2n) is 7.35. The van der Waals surface area contributed by atoms with Crippen molar-refractivity contribution in [1.29, 1.82) is 0 Å². The van der Waals surface area contributed by atoms with Crippen LogP contribution in [0.3, 0.4) is 0 Å². The summed E-state index contributed by atoms with van der Waals surface area (Å²) in [6.07, 6.45) is 0.838. The van der Waals surface area contributed by atoms with Gasteiger partial charge in [-0.25, -0.2) is 13.1 Å². The lowest BCUT2D eigenvalue weighted by atomic mass is 9.95. The fraction of sp³-hybridized carbons (Fsp3) is 0.684. The summed E-state index contributed by atoms with van der Waals surface area (Å²) in [7, 11) is -1.33. The van der Waals surface area contributed by atoms with Crippen LogP contribution >= 0.6 is 0 Å². The summed E-state index contributed by atoms with van der Waals surface area (Å²) in [4.78, 5) is 5.20. The molecule has 0 saturated carbocycles. The molecule has 1 aromatic rings. The lowest BCUT2D eigenvalue weighted by molar-refractivity contribution is 0.153. The Bertz CT molecular complexity index is 692. The quantitative estimate of drug-likeness (QED) is 0.783. The van der Waals surface area contributed by atoms with Crippen LogP contribution in [-0.4, -0.2) is 64.5 Å². The highest BCUT2D eigenvalue weighted by Crippen LogP contribution is 2.29. The van der Waals surface area contributed by atoms with E-state index in [0.29, 0.717) is 11.4 Å². The molecule has 25 heavy (non-hydrogen) atoms. The number of hydrogen-bond donors (Lipinski definition) is 1. The van der Waals surface area contributed by atoms with Crippen LogP contribution in [0.25, 0.3) is 0 Å². The molecule has 0 radical (unpaired) electrons. The standard InChI is InChI=1S/C19H33N3O2S/c1-14-15(2)17(4)19(18(5)16(14)3)25(23,24)20-8-7-9-22-12-10-21(6)11-13-22/h20H,7-13H2,1-6H3. The summed E-state index contributed by atoms with van der Waals surface area (Å²) in [5, 5.41) is 0. The Morgan fingerprint density at radius 3 is 1.84 bits per heavy atom. The minimum Gasteiger partial charge on any atom is -0.304 e. The van der Waals surface area contributed by atoms with E-state index in [1.165, 1.54) is 5.56 Å². The second-order valence-corrected chi connectivity index (χ2v) is 9.05. The van der Waals surface area contributed by atoms with Gasteiger partial charge in [0.05, 0.1) is 4.90 Å². The number of benzene rings is 1. The van der Waals surface area contributed by atoms with E-state index in [1.54, 1.807) is 0 Å². The third-order valence-electron chi connectivity index (χ3n) is 5.74. The maximum atomic E-state index is 12.9. The molecule has 0 spiro atoms. The molecular weight excluding hydrogens is 334 g/mol. The monoisotopic (exact) mass is 367 g/mol. The van der Waals surface area contributed by atoms with Gasteiger partial charge in [-0.1, -0.05) is 0 Å². The number of piperazine rings is 1. The summed E-state index contributed by atoms with van der Waals surface area (Å²) < 4.78 is 28.5. The minimum absolute atomic E-state index is 0.465. The van der Waals surface area contributed by atoms with E-state index >= 15 is 0 Å². The molecule has 0 bridgehead atoms. The van der Waals surface area contributed by atoms with Gasteiger partial charge in [0.15, 0.2) is 0 Å². The third-order valence-corrected chi connectivity index (χ3v) is 7.47. The smallest absolute Gasteiger partial charge is 0.241 e. The van der Waals surface area contributed by atoms with E-state index in [4.69, 9.17) is 0 Å². The number of sulfonamides is 1. The van der Waals surface area contributed by atoms with Crippen molar-refractivity contribution in [3.8, 4) is 0 Å². The Hall–Kier alpha value is -0.950. The SMILES string of the molecule is Cc1c(C)c(C)c(S(=O)(=O)NCCCN2CCN(C)CC2)c(C)c1C. The summed E-state index contributed by atoms with van der Waals surface area (Å²) in [6, 6.07) is 0. The predicted octanol–water partition coefficient (Wildman–Crippen LogP) is 2.14. The van der Waals surface area contributed by atoms with E-state index < -0.39 is 10.0 Å².